The van der Waals surface area contributed by atoms with Gasteiger partial charge in [0.05, 0.1) is 27.9 Å². The number of anilines is 1. The molecule has 0 saturated heterocycles. The van der Waals surface area contributed by atoms with Crippen molar-refractivity contribution >= 4 is 57.5 Å². The second-order valence-electron chi connectivity index (χ2n) is 6.25. The molecule has 1 heterocycles. The highest BCUT2D eigenvalue weighted by atomic mass is 35.5. The number of aryl methyl sites for hydroxylation is 1. The van der Waals surface area contributed by atoms with E-state index in [0.29, 0.717) is 5.75 Å². The van der Waals surface area contributed by atoms with Crippen molar-refractivity contribution in [3.63, 3.8) is 0 Å². The quantitative estimate of drug-likeness (QED) is 0.403. The van der Waals surface area contributed by atoms with Crippen molar-refractivity contribution < 1.29 is 19.1 Å². The molecule has 0 bridgehead atoms. The van der Waals surface area contributed by atoms with Crippen LogP contribution in [0.1, 0.15) is 6.92 Å². The normalized spacial score (nSPS) is 11.0. The van der Waals surface area contributed by atoms with Gasteiger partial charge in [0, 0.05) is 18.6 Å². The molecule has 0 fully saturated rings. The number of fused-ring (bicyclic) bond motifs is 1. The van der Waals surface area contributed by atoms with Crippen LogP contribution in [0.4, 0.5) is 10.5 Å². The van der Waals surface area contributed by atoms with E-state index in [-0.39, 0.29) is 28.1 Å². The van der Waals surface area contributed by atoms with Gasteiger partial charge in [-0.25, -0.2) is 4.79 Å². The number of imide groups is 1. The van der Waals surface area contributed by atoms with E-state index in [1.807, 2.05) is 24.6 Å². The van der Waals surface area contributed by atoms with Crippen LogP contribution >= 0.6 is 23.2 Å². The fourth-order valence-corrected chi connectivity index (χ4v) is 3.16. The molecule has 0 atom stereocenters. The van der Waals surface area contributed by atoms with Crippen LogP contribution in [0, 0.1) is 11.3 Å². The number of aromatic nitrogens is 2. The van der Waals surface area contributed by atoms with Crippen molar-refractivity contribution in [3.05, 3.63) is 46.6 Å². The summed E-state index contributed by atoms with van der Waals surface area (Å²) >= 11 is 12.6. The van der Waals surface area contributed by atoms with Gasteiger partial charge in [-0.15, -0.1) is 0 Å². The molecular weight excluding hydrogens is 459 g/mol. The van der Waals surface area contributed by atoms with Crippen LogP contribution in [0.25, 0.3) is 10.9 Å². The van der Waals surface area contributed by atoms with Gasteiger partial charge in [-0.05, 0) is 37.3 Å². The van der Waals surface area contributed by atoms with Gasteiger partial charge in [0.25, 0.3) is 5.91 Å². The van der Waals surface area contributed by atoms with Gasteiger partial charge >= 0.3 is 6.09 Å². The lowest BCUT2D eigenvalue weighted by Crippen LogP contribution is -2.36. The van der Waals surface area contributed by atoms with Gasteiger partial charge in [-0.2, -0.15) is 15.5 Å². The topological polar surface area (TPSA) is 131 Å². The molecule has 0 unspecified atom stereocenters. The van der Waals surface area contributed by atoms with Crippen LogP contribution in [0.3, 0.4) is 0 Å². The predicted molar refractivity (Wildman–Crippen MR) is 119 cm³/mol. The van der Waals surface area contributed by atoms with Crippen LogP contribution in [0.2, 0.25) is 10.0 Å². The lowest BCUT2D eigenvalue weighted by atomic mass is 10.2. The summed E-state index contributed by atoms with van der Waals surface area (Å²) in [5, 5.41) is 20.2. The number of hydrazone groups is 1. The number of nitriles is 1. The van der Waals surface area contributed by atoms with E-state index < -0.39 is 17.7 Å². The Morgan fingerprint density at radius 2 is 1.97 bits per heavy atom. The summed E-state index contributed by atoms with van der Waals surface area (Å²) in [6, 6.07) is 9.82. The molecule has 0 saturated carbocycles. The SMILES string of the molecule is CCOC(=O)NC(=O)C(C#N)=NNc1cc(Cl)c(Oc2ccc3nn(C)cc3c2)c(Cl)c1. The van der Waals surface area contributed by atoms with E-state index in [9.17, 15) is 9.59 Å². The molecular formula is C20H16Cl2N6O4. The van der Waals surface area contributed by atoms with Crippen molar-refractivity contribution in [3.8, 4) is 17.6 Å². The summed E-state index contributed by atoms with van der Waals surface area (Å²) in [7, 11) is 1.82. The standard InChI is InChI=1S/C20H16Cl2N6O4/c1-3-31-20(30)24-19(29)17(9-23)26-25-12-7-14(21)18(15(22)8-12)32-13-4-5-16-11(6-13)10-28(2)27-16/h4-8,10,25H,3H2,1-2H3,(H,24,29,30). The zero-order valence-corrected chi connectivity index (χ0v) is 18.4. The zero-order chi connectivity index (χ0) is 23.3. The first-order chi connectivity index (χ1) is 15.3. The molecule has 0 aliphatic rings. The van der Waals surface area contributed by atoms with Crippen molar-refractivity contribution in [2.24, 2.45) is 12.1 Å². The number of rotatable bonds is 6. The summed E-state index contributed by atoms with van der Waals surface area (Å²) in [4.78, 5) is 23.2. The Morgan fingerprint density at radius 3 is 2.62 bits per heavy atom. The number of nitrogens with zero attached hydrogens (tertiary/aromatic N) is 4. The number of benzene rings is 2. The van der Waals surface area contributed by atoms with Crippen molar-refractivity contribution in [1.82, 2.24) is 15.1 Å². The van der Waals surface area contributed by atoms with Crippen LogP contribution < -0.4 is 15.5 Å². The zero-order valence-electron chi connectivity index (χ0n) is 16.8. The second-order valence-corrected chi connectivity index (χ2v) is 7.07. The highest BCUT2D eigenvalue weighted by Crippen LogP contribution is 2.39. The molecule has 0 radical (unpaired) electrons. The van der Waals surface area contributed by atoms with E-state index in [4.69, 9.17) is 33.2 Å². The number of halogens is 2. The van der Waals surface area contributed by atoms with Crippen LogP contribution in [0.15, 0.2) is 41.6 Å². The average Bonchev–Trinajstić information content (AvgIpc) is 3.10. The van der Waals surface area contributed by atoms with Gasteiger partial charge in [0.15, 0.2) is 5.75 Å². The molecule has 1 aromatic heterocycles. The molecule has 2 aromatic carbocycles. The Bertz CT molecular complexity index is 1240. The highest BCUT2D eigenvalue weighted by Gasteiger charge is 2.16. The van der Waals surface area contributed by atoms with Crippen molar-refractivity contribution in [1.29, 1.82) is 5.26 Å². The van der Waals surface area contributed by atoms with Gasteiger partial charge in [0.1, 0.15) is 11.8 Å². The Morgan fingerprint density at radius 1 is 1.25 bits per heavy atom. The van der Waals surface area contributed by atoms with E-state index in [2.05, 4.69) is 20.4 Å². The minimum atomic E-state index is -1.03. The first-order valence-electron chi connectivity index (χ1n) is 9.13. The smallest absolute Gasteiger partial charge is 0.414 e. The van der Waals surface area contributed by atoms with E-state index in [0.717, 1.165) is 10.9 Å². The monoisotopic (exact) mass is 474 g/mol. The summed E-state index contributed by atoms with van der Waals surface area (Å²) in [6.45, 7) is 1.64. The summed E-state index contributed by atoms with van der Waals surface area (Å²) < 4.78 is 12.1. The Hall–Kier alpha value is -3.81. The fraction of sp³-hybridized carbons (Fsp3) is 0.150. The number of carbonyl (C=O) groups excluding carboxylic acids is 2. The molecule has 164 valence electrons. The van der Waals surface area contributed by atoms with Crippen molar-refractivity contribution in [2.75, 3.05) is 12.0 Å². The molecule has 32 heavy (non-hydrogen) atoms. The predicted octanol–water partition coefficient (Wildman–Crippen LogP) is 4.24. The van der Waals surface area contributed by atoms with Gasteiger partial charge in [-0.3, -0.25) is 20.2 Å². The van der Waals surface area contributed by atoms with Gasteiger partial charge < -0.3 is 9.47 Å². The molecule has 10 nitrogen and oxygen atoms in total. The molecule has 12 heteroatoms. The lowest BCUT2D eigenvalue weighted by molar-refractivity contribution is -0.114. The molecule has 2 amide bonds. The number of hydrogen-bond acceptors (Lipinski definition) is 8. The Kier molecular flexibility index (Phi) is 7.14. The second kappa shape index (κ2) is 10.00. The summed E-state index contributed by atoms with van der Waals surface area (Å²) in [6.07, 6.45) is 0.860. The Labute approximate surface area is 192 Å². The van der Waals surface area contributed by atoms with Crippen LogP contribution in [0.5, 0.6) is 11.5 Å². The minimum absolute atomic E-state index is 0.0674. The van der Waals surface area contributed by atoms with E-state index in [1.165, 1.54) is 12.1 Å². The third-order valence-corrected chi connectivity index (χ3v) is 4.48. The van der Waals surface area contributed by atoms with E-state index in [1.54, 1.807) is 29.8 Å². The Balaban J connectivity index is 1.75. The maximum atomic E-state index is 11.9. The maximum absolute atomic E-state index is 11.9. The number of amides is 2. The maximum Gasteiger partial charge on any atom is 0.414 e. The molecule has 2 N–H and O–H groups in total. The average molecular weight is 475 g/mol. The number of carbonyl (C=O) groups is 2. The van der Waals surface area contributed by atoms with Gasteiger partial charge in [-0.1, -0.05) is 23.2 Å². The highest BCUT2D eigenvalue weighted by molar-refractivity contribution is 6.47. The van der Waals surface area contributed by atoms with Crippen LogP contribution in [-0.2, 0) is 16.6 Å². The molecule has 0 aliphatic carbocycles. The number of ether oxygens (including phenoxy) is 2. The summed E-state index contributed by atoms with van der Waals surface area (Å²) in [5.74, 6) is -0.302. The largest absolute Gasteiger partial charge is 0.454 e. The lowest BCUT2D eigenvalue weighted by Gasteiger charge is -2.11. The molecule has 3 rings (SSSR count). The van der Waals surface area contributed by atoms with Gasteiger partial charge in [0.2, 0.25) is 5.71 Å². The number of hydrogen-bond donors (Lipinski definition) is 2. The van der Waals surface area contributed by atoms with E-state index >= 15 is 0 Å². The van der Waals surface area contributed by atoms with Crippen molar-refractivity contribution in [2.45, 2.75) is 6.92 Å². The number of nitrogens with one attached hydrogen (secondary N) is 2. The first kappa shape index (κ1) is 22.9. The number of alkyl carbamates (subject to hydrolysis) is 1. The fourth-order valence-electron chi connectivity index (χ4n) is 2.60. The minimum Gasteiger partial charge on any atom is -0.454 e. The molecule has 3 aromatic rings. The third-order valence-electron chi connectivity index (χ3n) is 3.92. The molecule has 0 spiro atoms. The first-order valence-corrected chi connectivity index (χ1v) is 9.88. The molecule has 0 aliphatic heterocycles. The van der Waals surface area contributed by atoms with Crippen LogP contribution in [-0.4, -0.2) is 34.1 Å². The third kappa shape index (κ3) is 5.46. The summed E-state index contributed by atoms with van der Waals surface area (Å²) in [5.41, 5.74) is 3.00.